The predicted molar refractivity (Wildman–Crippen MR) is 81.9 cm³/mol. The van der Waals surface area contributed by atoms with E-state index in [1.165, 1.54) is 4.90 Å². The summed E-state index contributed by atoms with van der Waals surface area (Å²) in [7, 11) is 0. The maximum Gasteiger partial charge on any atom is 0.323 e. The molecular weight excluding hydrogens is 284 g/mol. The van der Waals surface area contributed by atoms with Crippen LogP contribution in [0.1, 0.15) is 5.56 Å². The molecule has 0 amide bonds. The number of benzene rings is 1. The second-order valence-electron chi connectivity index (χ2n) is 4.89. The molecule has 1 aromatic heterocycles. The number of hydrogen-bond acceptors (Lipinski definition) is 4. The molecule has 6 nitrogen and oxygen atoms in total. The van der Waals surface area contributed by atoms with Crippen molar-refractivity contribution in [1.82, 2.24) is 4.98 Å². The van der Waals surface area contributed by atoms with E-state index in [4.69, 9.17) is 10.2 Å². The Morgan fingerprint density at radius 3 is 2.32 bits per heavy atom. The summed E-state index contributed by atoms with van der Waals surface area (Å²) < 4.78 is 0. The highest BCUT2D eigenvalue weighted by atomic mass is 16.4. The molecule has 0 aliphatic heterocycles. The SMILES string of the molecule is Cc1ccc(-c2cccnc2)cc1N(CC(=O)O)CC(=O)O. The topological polar surface area (TPSA) is 90.7 Å². The van der Waals surface area contributed by atoms with Crippen molar-refractivity contribution in [3.05, 3.63) is 48.3 Å². The highest BCUT2D eigenvalue weighted by molar-refractivity contribution is 5.81. The number of carboxylic acids is 2. The second-order valence-corrected chi connectivity index (χ2v) is 4.89. The zero-order chi connectivity index (χ0) is 16.1. The average Bonchev–Trinajstić information content (AvgIpc) is 2.47. The molecule has 0 fully saturated rings. The first-order valence-electron chi connectivity index (χ1n) is 6.67. The van der Waals surface area contributed by atoms with Crippen LogP contribution < -0.4 is 4.90 Å². The number of carboxylic acid groups (broad SMARTS) is 2. The number of hydrogen-bond donors (Lipinski definition) is 2. The standard InChI is InChI=1S/C16H16N2O4/c1-11-4-5-12(13-3-2-6-17-8-13)7-14(11)18(9-15(19)20)10-16(21)22/h2-8H,9-10H2,1H3,(H,19,20)(H,21,22). The van der Waals surface area contributed by atoms with Crippen molar-refractivity contribution >= 4 is 17.6 Å². The fourth-order valence-electron chi connectivity index (χ4n) is 2.22. The minimum atomic E-state index is -1.08. The van der Waals surface area contributed by atoms with E-state index in [9.17, 15) is 9.59 Å². The molecule has 6 heteroatoms. The molecule has 2 N–H and O–H groups in total. The summed E-state index contributed by atoms with van der Waals surface area (Å²) in [5.74, 6) is -2.15. The molecule has 0 aliphatic rings. The second kappa shape index (κ2) is 6.71. The van der Waals surface area contributed by atoms with Gasteiger partial charge < -0.3 is 15.1 Å². The van der Waals surface area contributed by atoms with Crippen LogP contribution >= 0.6 is 0 Å². The Hall–Kier alpha value is -2.89. The summed E-state index contributed by atoms with van der Waals surface area (Å²) in [6.07, 6.45) is 3.37. The van der Waals surface area contributed by atoms with Crippen LogP contribution in [-0.4, -0.2) is 40.2 Å². The van der Waals surface area contributed by atoms with Gasteiger partial charge in [0.2, 0.25) is 0 Å². The van der Waals surface area contributed by atoms with Crippen LogP contribution in [0.15, 0.2) is 42.7 Å². The lowest BCUT2D eigenvalue weighted by atomic mass is 10.0. The quantitative estimate of drug-likeness (QED) is 0.848. The number of aryl methyl sites for hydroxylation is 1. The van der Waals surface area contributed by atoms with E-state index < -0.39 is 11.9 Å². The number of pyridine rings is 1. The van der Waals surface area contributed by atoms with Gasteiger partial charge in [-0.05, 0) is 30.2 Å². The molecule has 2 rings (SSSR count). The number of anilines is 1. The number of aromatic nitrogens is 1. The molecule has 0 spiro atoms. The maximum absolute atomic E-state index is 11.0. The summed E-state index contributed by atoms with van der Waals surface area (Å²) in [5, 5.41) is 18.0. The van der Waals surface area contributed by atoms with Crippen LogP contribution in [0.4, 0.5) is 5.69 Å². The zero-order valence-corrected chi connectivity index (χ0v) is 12.1. The lowest BCUT2D eigenvalue weighted by Crippen LogP contribution is -2.34. The van der Waals surface area contributed by atoms with E-state index in [1.54, 1.807) is 24.5 Å². The number of nitrogens with zero attached hydrogens (tertiary/aromatic N) is 2. The van der Waals surface area contributed by atoms with Gasteiger partial charge in [-0.25, -0.2) is 0 Å². The van der Waals surface area contributed by atoms with E-state index in [0.717, 1.165) is 16.7 Å². The summed E-state index contributed by atoms with van der Waals surface area (Å²) in [6.45, 7) is 1.08. The molecule has 2 aromatic rings. The summed E-state index contributed by atoms with van der Waals surface area (Å²) >= 11 is 0. The minimum Gasteiger partial charge on any atom is -0.480 e. The number of carbonyl (C=O) groups is 2. The Morgan fingerprint density at radius 1 is 1.09 bits per heavy atom. The number of aliphatic carboxylic acids is 2. The molecule has 0 radical (unpaired) electrons. The van der Waals surface area contributed by atoms with Gasteiger partial charge in [0.05, 0.1) is 0 Å². The monoisotopic (exact) mass is 300 g/mol. The highest BCUT2D eigenvalue weighted by Gasteiger charge is 2.16. The van der Waals surface area contributed by atoms with Crippen LogP contribution in [0.2, 0.25) is 0 Å². The average molecular weight is 300 g/mol. The molecule has 22 heavy (non-hydrogen) atoms. The van der Waals surface area contributed by atoms with Crippen molar-refractivity contribution in [3.8, 4) is 11.1 Å². The van der Waals surface area contributed by atoms with Gasteiger partial charge in [-0.1, -0.05) is 18.2 Å². The minimum absolute atomic E-state index is 0.371. The number of rotatable bonds is 6. The maximum atomic E-state index is 11.0. The molecule has 0 unspecified atom stereocenters. The van der Waals surface area contributed by atoms with Gasteiger partial charge >= 0.3 is 11.9 Å². The summed E-state index contributed by atoms with van der Waals surface area (Å²) in [6, 6.07) is 9.23. The zero-order valence-electron chi connectivity index (χ0n) is 12.1. The Balaban J connectivity index is 2.43. The molecule has 1 aromatic carbocycles. The largest absolute Gasteiger partial charge is 0.480 e. The lowest BCUT2D eigenvalue weighted by molar-refractivity contribution is -0.136. The predicted octanol–water partition coefficient (Wildman–Crippen LogP) is 2.03. The van der Waals surface area contributed by atoms with Gasteiger partial charge in [0, 0.05) is 23.6 Å². The van der Waals surface area contributed by atoms with Gasteiger partial charge in [0.15, 0.2) is 0 Å². The molecule has 0 aliphatic carbocycles. The highest BCUT2D eigenvalue weighted by Crippen LogP contribution is 2.27. The van der Waals surface area contributed by atoms with Crippen molar-refractivity contribution in [1.29, 1.82) is 0 Å². The van der Waals surface area contributed by atoms with Gasteiger partial charge in [0.25, 0.3) is 0 Å². The third-order valence-electron chi connectivity index (χ3n) is 3.20. The molecule has 0 bridgehead atoms. The molecule has 0 atom stereocenters. The first-order valence-corrected chi connectivity index (χ1v) is 6.67. The van der Waals surface area contributed by atoms with E-state index in [0.29, 0.717) is 5.69 Å². The van der Waals surface area contributed by atoms with Gasteiger partial charge in [-0.2, -0.15) is 0 Å². The molecule has 0 saturated carbocycles. The third kappa shape index (κ3) is 3.82. The van der Waals surface area contributed by atoms with Crippen molar-refractivity contribution in [3.63, 3.8) is 0 Å². The van der Waals surface area contributed by atoms with Gasteiger partial charge in [-0.15, -0.1) is 0 Å². The van der Waals surface area contributed by atoms with Gasteiger partial charge in [0.1, 0.15) is 13.1 Å². The Kier molecular flexibility index (Phi) is 4.73. The lowest BCUT2D eigenvalue weighted by Gasteiger charge is -2.23. The van der Waals surface area contributed by atoms with Crippen LogP contribution in [0.3, 0.4) is 0 Å². The summed E-state index contributed by atoms with van der Waals surface area (Å²) in [5.41, 5.74) is 3.14. The molecule has 114 valence electrons. The molecular formula is C16H16N2O4. The van der Waals surface area contributed by atoms with E-state index in [2.05, 4.69) is 4.98 Å². The van der Waals surface area contributed by atoms with Crippen molar-refractivity contribution in [2.24, 2.45) is 0 Å². The van der Waals surface area contributed by atoms with Crippen molar-refractivity contribution in [2.45, 2.75) is 6.92 Å². The Bertz CT molecular complexity index is 670. The third-order valence-corrected chi connectivity index (χ3v) is 3.20. The van der Waals surface area contributed by atoms with Crippen molar-refractivity contribution < 1.29 is 19.8 Å². The van der Waals surface area contributed by atoms with Crippen molar-refractivity contribution in [2.75, 3.05) is 18.0 Å². The van der Waals surface area contributed by atoms with Crippen LogP contribution in [0.5, 0.6) is 0 Å². The normalized spacial score (nSPS) is 10.2. The summed E-state index contributed by atoms with van der Waals surface area (Å²) in [4.78, 5) is 27.4. The van der Waals surface area contributed by atoms with E-state index in [-0.39, 0.29) is 13.1 Å². The fourth-order valence-corrected chi connectivity index (χ4v) is 2.22. The first-order chi connectivity index (χ1) is 10.5. The van der Waals surface area contributed by atoms with Crippen LogP contribution in [0.25, 0.3) is 11.1 Å². The van der Waals surface area contributed by atoms with E-state index >= 15 is 0 Å². The Labute approximate surface area is 127 Å². The van der Waals surface area contributed by atoms with Crippen LogP contribution in [0, 0.1) is 6.92 Å². The van der Waals surface area contributed by atoms with Crippen LogP contribution in [-0.2, 0) is 9.59 Å². The Morgan fingerprint density at radius 2 is 1.77 bits per heavy atom. The van der Waals surface area contributed by atoms with Gasteiger partial charge in [-0.3, -0.25) is 14.6 Å². The smallest absolute Gasteiger partial charge is 0.323 e. The van der Waals surface area contributed by atoms with E-state index in [1.807, 2.05) is 25.1 Å². The molecule has 1 heterocycles. The molecule has 0 saturated heterocycles. The fraction of sp³-hybridized carbons (Fsp3) is 0.188. The first kappa shape index (κ1) is 15.5.